The number of amides is 1. The van der Waals surface area contributed by atoms with Gasteiger partial charge >= 0.3 is 0 Å². The molecule has 0 spiro atoms. The number of anilines is 2. The van der Waals surface area contributed by atoms with Gasteiger partial charge in [0.25, 0.3) is 0 Å². The third-order valence-corrected chi connectivity index (χ3v) is 3.52. The Balaban J connectivity index is 1.87. The lowest BCUT2D eigenvalue weighted by Gasteiger charge is -2.16. The van der Waals surface area contributed by atoms with E-state index in [1.54, 1.807) is 6.07 Å². The van der Waals surface area contributed by atoms with Crippen LogP contribution in [0.5, 0.6) is 0 Å². The van der Waals surface area contributed by atoms with Gasteiger partial charge < -0.3 is 16.2 Å². The van der Waals surface area contributed by atoms with Crippen LogP contribution in [0.15, 0.2) is 18.2 Å². The van der Waals surface area contributed by atoms with Gasteiger partial charge in [-0.3, -0.25) is 9.69 Å². The number of benzene rings is 1. The number of aliphatic hydroxyl groups excluding tert-OH is 1. The van der Waals surface area contributed by atoms with Gasteiger partial charge in [-0.15, -0.1) is 0 Å². The third-order valence-electron chi connectivity index (χ3n) is 3.52. The minimum atomic E-state index is -0.0218. The van der Waals surface area contributed by atoms with Gasteiger partial charge in [-0.2, -0.15) is 0 Å². The van der Waals surface area contributed by atoms with Crippen molar-refractivity contribution in [1.29, 1.82) is 0 Å². The highest BCUT2D eigenvalue weighted by atomic mass is 16.3. The minimum absolute atomic E-state index is 0.0218. The Hall–Kier alpha value is -1.59. The molecule has 1 heterocycles. The lowest BCUT2D eigenvalue weighted by Crippen LogP contribution is -2.32. The zero-order valence-corrected chi connectivity index (χ0v) is 11.2. The number of rotatable bonds is 4. The number of aliphatic hydroxyl groups is 1. The fraction of sp³-hybridized carbons (Fsp3) is 0.500. The van der Waals surface area contributed by atoms with E-state index in [9.17, 15) is 4.79 Å². The summed E-state index contributed by atoms with van der Waals surface area (Å²) in [6.07, 6.45) is 0.963. The molecule has 0 saturated carbocycles. The number of aryl methyl sites for hydroxylation is 1. The van der Waals surface area contributed by atoms with Crippen LogP contribution in [-0.4, -0.2) is 42.2 Å². The Kier molecular flexibility index (Phi) is 4.39. The summed E-state index contributed by atoms with van der Waals surface area (Å²) in [6.45, 7) is 4.17. The number of hydrogen-bond donors (Lipinski definition) is 3. The first-order valence-electron chi connectivity index (χ1n) is 6.57. The Bertz CT molecular complexity index is 462. The number of carbonyl (C=O) groups is 1. The largest absolute Gasteiger partial charge is 0.399 e. The predicted molar refractivity (Wildman–Crippen MR) is 75.9 cm³/mol. The fourth-order valence-electron chi connectivity index (χ4n) is 2.43. The maximum absolute atomic E-state index is 12.0. The van der Waals surface area contributed by atoms with E-state index in [1.807, 2.05) is 19.1 Å². The summed E-state index contributed by atoms with van der Waals surface area (Å²) in [6, 6.07) is 5.44. The molecule has 0 aliphatic carbocycles. The van der Waals surface area contributed by atoms with Crippen LogP contribution in [0.25, 0.3) is 0 Å². The molecule has 1 aliphatic heterocycles. The monoisotopic (exact) mass is 263 g/mol. The van der Waals surface area contributed by atoms with Crippen LogP contribution in [0, 0.1) is 12.8 Å². The van der Waals surface area contributed by atoms with Crippen LogP contribution in [0.1, 0.15) is 12.0 Å². The normalized spacial score (nSPS) is 19.6. The molecule has 1 aliphatic rings. The van der Waals surface area contributed by atoms with Gasteiger partial charge in [-0.1, -0.05) is 0 Å². The van der Waals surface area contributed by atoms with Crippen molar-refractivity contribution in [2.45, 2.75) is 13.3 Å². The standard InChI is InChI=1S/C14H21N3O2/c1-10-6-12(15)2-3-13(10)16-14(19)8-17-5-4-11(7-17)9-18/h2-3,6,11,18H,4-5,7-9,15H2,1H3,(H,16,19). The quantitative estimate of drug-likeness (QED) is 0.703. The summed E-state index contributed by atoms with van der Waals surface area (Å²) in [4.78, 5) is 14.0. The molecule has 0 bridgehead atoms. The van der Waals surface area contributed by atoms with E-state index in [0.717, 1.165) is 30.8 Å². The van der Waals surface area contributed by atoms with E-state index >= 15 is 0 Å². The van der Waals surface area contributed by atoms with Crippen molar-refractivity contribution in [2.75, 3.05) is 37.3 Å². The zero-order chi connectivity index (χ0) is 13.8. The molecule has 1 amide bonds. The van der Waals surface area contributed by atoms with Crippen LogP contribution < -0.4 is 11.1 Å². The second-order valence-corrected chi connectivity index (χ2v) is 5.19. The first-order valence-corrected chi connectivity index (χ1v) is 6.57. The van der Waals surface area contributed by atoms with E-state index in [-0.39, 0.29) is 12.5 Å². The SMILES string of the molecule is Cc1cc(N)ccc1NC(=O)CN1CCC(CO)C1. The van der Waals surface area contributed by atoms with Crippen molar-refractivity contribution in [3.05, 3.63) is 23.8 Å². The molecule has 1 unspecified atom stereocenters. The topological polar surface area (TPSA) is 78.6 Å². The predicted octanol–water partition coefficient (Wildman–Crippen LogP) is 0.830. The van der Waals surface area contributed by atoms with Crippen molar-refractivity contribution in [3.63, 3.8) is 0 Å². The van der Waals surface area contributed by atoms with Crippen LogP contribution in [-0.2, 0) is 4.79 Å². The van der Waals surface area contributed by atoms with E-state index < -0.39 is 0 Å². The number of nitrogen functional groups attached to an aromatic ring is 1. The molecule has 1 atom stereocenters. The molecule has 5 heteroatoms. The number of nitrogens with two attached hydrogens (primary N) is 1. The van der Waals surface area contributed by atoms with E-state index in [4.69, 9.17) is 10.8 Å². The maximum Gasteiger partial charge on any atom is 0.238 e. The Morgan fingerprint density at radius 3 is 3.00 bits per heavy atom. The number of carbonyl (C=O) groups excluding carboxylic acids is 1. The molecule has 5 nitrogen and oxygen atoms in total. The van der Waals surface area contributed by atoms with Crippen molar-refractivity contribution >= 4 is 17.3 Å². The molecular formula is C14H21N3O2. The van der Waals surface area contributed by atoms with Crippen molar-refractivity contribution in [2.24, 2.45) is 5.92 Å². The minimum Gasteiger partial charge on any atom is -0.399 e. The van der Waals surface area contributed by atoms with Crippen LogP contribution in [0.2, 0.25) is 0 Å². The van der Waals surface area contributed by atoms with Crippen LogP contribution >= 0.6 is 0 Å². The van der Waals surface area contributed by atoms with Gasteiger partial charge in [-0.05, 0) is 49.6 Å². The highest BCUT2D eigenvalue weighted by molar-refractivity contribution is 5.93. The average Bonchev–Trinajstić information content (AvgIpc) is 2.80. The highest BCUT2D eigenvalue weighted by Crippen LogP contribution is 2.18. The Morgan fingerprint density at radius 2 is 2.37 bits per heavy atom. The molecular weight excluding hydrogens is 242 g/mol. The Labute approximate surface area is 113 Å². The van der Waals surface area contributed by atoms with Gasteiger partial charge in [-0.25, -0.2) is 0 Å². The molecule has 104 valence electrons. The number of nitrogens with one attached hydrogen (secondary N) is 1. The van der Waals surface area contributed by atoms with Crippen molar-refractivity contribution in [1.82, 2.24) is 4.90 Å². The highest BCUT2D eigenvalue weighted by Gasteiger charge is 2.23. The maximum atomic E-state index is 12.0. The average molecular weight is 263 g/mol. The smallest absolute Gasteiger partial charge is 0.238 e. The molecule has 4 N–H and O–H groups in total. The molecule has 1 aromatic carbocycles. The second-order valence-electron chi connectivity index (χ2n) is 5.19. The summed E-state index contributed by atoms with van der Waals surface area (Å²) >= 11 is 0. The first kappa shape index (κ1) is 13.8. The van der Waals surface area contributed by atoms with Crippen molar-refractivity contribution < 1.29 is 9.90 Å². The number of hydrogen-bond acceptors (Lipinski definition) is 4. The summed E-state index contributed by atoms with van der Waals surface area (Å²) in [5.74, 6) is 0.289. The van der Waals surface area contributed by atoms with Gasteiger partial charge in [0.15, 0.2) is 0 Å². The summed E-state index contributed by atoms with van der Waals surface area (Å²) in [5.41, 5.74) is 8.14. The van der Waals surface area contributed by atoms with Gasteiger partial charge in [0.2, 0.25) is 5.91 Å². The van der Waals surface area contributed by atoms with Gasteiger partial charge in [0.05, 0.1) is 6.54 Å². The van der Waals surface area contributed by atoms with Gasteiger partial charge in [0, 0.05) is 24.5 Å². The third kappa shape index (κ3) is 3.68. The number of nitrogens with zero attached hydrogens (tertiary/aromatic N) is 1. The Morgan fingerprint density at radius 1 is 1.58 bits per heavy atom. The molecule has 0 aromatic heterocycles. The zero-order valence-electron chi connectivity index (χ0n) is 11.2. The summed E-state index contributed by atoms with van der Waals surface area (Å²) < 4.78 is 0. The van der Waals surface area contributed by atoms with Crippen molar-refractivity contribution in [3.8, 4) is 0 Å². The number of likely N-dealkylation sites (tertiary alicyclic amines) is 1. The molecule has 1 saturated heterocycles. The molecule has 1 fully saturated rings. The molecule has 2 rings (SSSR count). The van der Waals surface area contributed by atoms with Gasteiger partial charge in [0.1, 0.15) is 0 Å². The van der Waals surface area contributed by atoms with E-state index in [2.05, 4.69) is 10.2 Å². The van der Waals surface area contributed by atoms with E-state index in [0.29, 0.717) is 18.2 Å². The first-order chi connectivity index (χ1) is 9.08. The lowest BCUT2D eigenvalue weighted by atomic mass is 10.1. The lowest BCUT2D eigenvalue weighted by molar-refractivity contribution is -0.117. The fourth-order valence-corrected chi connectivity index (χ4v) is 2.43. The van der Waals surface area contributed by atoms with Crippen LogP contribution in [0.3, 0.4) is 0 Å². The van der Waals surface area contributed by atoms with E-state index in [1.165, 1.54) is 0 Å². The molecule has 19 heavy (non-hydrogen) atoms. The molecule has 1 aromatic rings. The van der Waals surface area contributed by atoms with Crippen LogP contribution in [0.4, 0.5) is 11.4 Å². The summed E-state index contributed by atoms with van der Waals surface area (Å²) in [7, 11) is 0. The second kappa shape index (κ2) is 6.04. The summed E-state index contributed by atoms with van der Waals surface area (Å²) in [5, 5.41) is 12.0. The molecule has 0 radical (unpaired) electrons.